The van der Waals surface area contributed by atoms with Crippen LogP contribution in [-0.2, 0) is 37.5 Å². The van der Waals surface area contributed by atoms with Crippen LogP contribution in [-0.4, -0.2) is 59.9 Å². The molecule has 0 aliphatic carbocycles. The zero-order valence-corrected chi connectivity index (χ0v) is 31.7. The van der Waals surface area contributed by atoms with E-state index in [1.54, 1.807) is 0 Å². The van der Waals surface area contributed by atoms with Crippen molar-refractivity contribution >= 4 is 25.7 Å². The summed E-state index contributed by atoms with van der Waals surface area (Å²) in [5.74, 6) is -2.40. The number of phosphoric ester groups is 1. The SMILES string of the molecule is CCCCCCCCCC/C=C\CCCCCCCCCCCC(=O)OC(COC(=O)CCCCCC)COP(=O)(O)OCC(N)C(=O)O. The third-order valence-electron chi connectivity index (χ3n) is 8.26. The van der Waals surface area contributed by atoms with Gasteiger partial charge in [0.2, 0.25) is 0 Å². The monoisotopic (exact) mass is 719 g/mol. The highest BCUT2D eigenvalue weighted by atomic mass is 31.2. The van der Waals surface area contributed by atoms with Crippen LogP contribution in [0.25, 0.3) is 0 Å². The van der Waals surface area contributed by atoms with E-state index in [-0.39, 0.29) is 19.4 Å². The van der Waals surface area contributed by atoms with Crippen molar-refractivity contribution in [3.05, 3.63) is 12.2 Å². The second kappa shape index (κ2) is 33.4. The predicted octanol–water partition coefficient (Wildman–Crippen LogP) is 9.34. The van der Waals surface area contributed by atoms with Gasteiger partial charge in [0.05, 0.1) is 13.2 Å². The number of ether oxygens (including phenoxy) is 2. The van der Waals surface area contributed by atoms with Gasteiger partial charge in [-0.3, -0.25) is 23.4 Å². The summed E-state index contributed by atoms with van der Waals surface area (Å²) in [6, 6.07) is -1.52. The molecular weight excluding hydrogens is 649 g/mol. The number of unbranched alkanes of at least 4 members (excludes halogenated alkanes) is 20. The number of carbonyl (C=O) groups is 3. The van der Waals surface area contributed by atoms with Gasteiger partial charge in [-0.25, -0.2) is 4.57 Å². The largest absolute Gasteiger partial charge is 0.480 e. The van der Waals surface area contributed by atoms with E-state index in [0.717, 1.165) is 38.5 Å². The molecule has 0 saturated carbocycles. The minimum Gasteiger partial charge on any atom is -0.480 e. The van der Waals surface area contributed by atoms with E-state index in [0.29, 0.717) is 12.8 Å². The van der Waals surface area contributed by atoms with E-state index in [2.05, 4.69) is 30.5 Å². The van der Waals surface area contributed by atoms with Crippen molar-refractivity contribution in [3.63, 3.8) is 0 Å². The summed E-state index contributed by atoms with van der Waals surface area (Å²) in [7, 11) is -4.69. The van der Waals surface area contributed by atoms with Gasteiger partial charge in [0.25, 0.3) is 0 Å². The number of rotatable bonds is 36. The average molecular weight is 720 g/mol. The Labute approximate surface area is 297 Å². The first kappa shape index (κ1) is 47.2. The third-order valence-corrected chi connectivity index (χ3v) is 9.21. The molecule has 0 amide bonds. The molecule has 0 aliphatic rings. The second-order valence-corrected chi connectivity index (χ2v) is 14.5. The molecule has 0 bridgehead atoms. The van der Waals surface area contributed by atoms with Crippen molar-refractivity contribution in [1.29, 1.82) is 0 Å². The van der Waals surface area contributed by atoms with E-state index >= 15 is 0 Å². The molecule has 0 aromatic heterocycles. The van der Waals surface area contributed by atoms with Crippen molar-refractivity contribution in [1.82, 2.24) is 0 Å². The summed E-state index contributed by atoms with van der Waals surface area (Å²) in [6.45, 7) is 2.65. The number of carbonyl (C=O) groups excluding carboxylic acids is 2. The normalized spacial score (nSPS) is 14.0. The van der Waals surface area contributed by atoms with E-state index in [1.165, 1.54) is 96.3 Å². The summed E-state index contributed by atoms with van der Waals surface area (Å²) in [4.78, 5) is 45.3. The van der Waals surface area contributed by atoms with Crippen LogP contribution >= 0.6 is 7.82 Å². The maximum Gasteiger partial charge on any atom is 0.472 e. The Bertz CT molecular complexity index is 900. The van der Waals surface area contributed by atoms with Crippen LogP contribution in [0.5, 0.6) is 0 Å². The van der Waals surface area contributed by atoms with Crippen molar-refractivity contribution in [2.45, 2.75) is 187 Å². The summed E-state index contributed by atoms with van der Waals surface area (Å²) in [5, 5.41) is 8.82. The molecule has 0 saturated heterocycles. The van der Waals surface area contributed by atoms with Gasteiger partial charge in [-0.15, -0.1) is 0 Å². The molecule has 4 N–H and O–H groups in total. The van der Waals surface area contributed by atoms with Crippen LogP contribution in [0.2, 0.25) is 0 Å². The molecule has 0 heterocycles. The first-order valence-electron chi connectivity index (χ1n) is 19.2. The maximum absolute atomic E-state index is 12.5. The van der Waals surface area contributed by atoms with E-state index in [9.17, 15) is 23.8 Å². The van der Waals surface area contributed by atoms with Crippen LogP contribution in [0.1, 0.15) is 174 Å². The fourth-order valence-electron chi connectivity index (χ4n) is 5.18. The van der Waals surface area contributed by atoms with Crippen LogP contribution in [0.15, 0.2) is 12.2 Å². The molecule has 0 spiro atoms. The molecule has 3 atom stereocenters. The van der Waals surface area contributed by atoms with Gasteiger partial charge >= 0.3 is 25.7 Å². The predicted molar refractivity (Wildman–Crippen MR) is 194 cm³/mol. The van der Waals surface area contributed by atoms with Gasteiger partial charge in [-0.1, -0.05) is 135 Å². The lowest BCUT2D eigenvalue weighted by Gasteiger charge is -2.20. The molecule has 0 aliphatic heterocycles. The summed E-state index contributed by atoms with van der Waals surface area (Å²) < 4.78 is 32.3. The Balaban J connectivity index is 4.13. The zero-order valence-electron chi connectivity index (χ0n) is 30.8. The Kier molecular flexibility index (Phi) is 32.2. The highest BCUT2D eigenvalue weighted by Crippen LogP contribution is 2.43. The van der Waals surface area contributed by atoms with Gasteiger partial charge in [0.1, 0.15) is 12.6 Å². The quantitative estimate of drug-likeness (QED) is 0.0244. The number of allylic oxidation sites excluding steroid dienone is 2. The van der Waals surface area contributed by atoms with Crippen LogP contribution < -0.4 is 5.73 Å². The van der Waals surface area contributed by atoms with Crippen molar-refractivity contribution in [2.75, 3.05) is 19.8 Å². The number of hydrogen-bond donors (Lipinski definition) is 3. The van der Waals surface area contributed by atoms with Gasteiger partial charge in [-0.05, 0) is 38.5 Å². The fourth-order valence-corrected chi connectivity index (χ4v) is 5.95. The molecule has 11 nitrogen and oxygen atoms in total. The van der Waals surface area contributed by atoms with Crippen LogP contribution in [0, 0.1) is 0 Å². The van der Waals surface area contributed by atoms with Gasteiger partial charge < -0.3 is 25.2 Å². The summed E-state index contributed by atoms with van der Waals surface area (Å²) >= 11 is 0. The molecular formula is C37H70NO10P. The average Bonchev–Trinajstić information content (AvgIpc) is 3.07. The number of carboxylic acid groups (broad SMARTS) is 1. The minimum atomic E-state index is -4.69. The van der Waals surface area contributed by atoms with Gasteiger partial charge in [0, 0.05) is 12.8 Å². The summed E-state index contributed by atoms with van der Waals surface area (Å²) in [6.07, 6.45) is 30.8. The standard InChI is InChI=1S/C37H70NO10P/c1-3-5-7-9-10-11-12-13-14-15-16-17-18-19-20-21-22-23-24-25-27-29-36(40)48-33(30-45-35(39)28-26-8-6-4-2)31-46-49(43,44)47-32-34(38)37(41)42/h15-16,33-34H,3-14,17-32,38H2,1-2H3,(H,41,42)(H,43,44)/b16-15-. The molecule has 0 aromatic carbocycles. The Morgan fingerprint density at radius 2 is 1.02 bits per heavy atom. The van der Waals surface area contributed by atoms with E-state index in [4.69, 9.17) is 24.8 Å². The molecule has 0 aromatic rings. The molecule has 0 radical (unpaired) electrons. The Hall–Kier alpha value is -1.78. The van der Waals surface area contributed by atoms with Crippen LogP contribution in [0.4, 0.5) is 0 Å². The fraction of sp³-hybridized carbons (Fsp3) is 0.865. The highest BCUT2D eigenvalue weighted by molar-refractivity contribution is 7.47. The molecule has 0 fully saturated rings. The van der Waals surface area contributed by atoms with Crippen molar-refractivity contribution in [2.24, 2.45) is 5.73 Å². The number of hydrogen-bond acceptors (Lipinski definition) is 9. The highest BCUT2D eigenvalue weighted by Gasteiger charge is 2.28. The lowest BCUT2D eigenvalue weighted by Crippen LogP contribution is -2.34. The topological polar surface area (TPSA) is 172 Å². The molecule has 49 heavy (non-hydrogen) atoms. The summed E-state index contributed by atoms with van der Waals surface area (Å²) in [5.41, 5.74) is 5.29. The zero-order chi connectivity index (χ0) is 36.4. The number of esters is 2. The number of phosphoric acid groups is 1. The van der Waals surface area contributed by atoms with E-state index < -0.39 is 51.1 Å². The first-order chi connectivity index (χ1) is 23.6. The first-order valence-corrected chi connectivity index (χ1v) is 20.7. The second-order valence-electron chi connectivity index (χ2n) is 13.1. The number of carboxylic acids is 1. The van der Waals surface area contributed by atoms with Crippen molar-refractivity contribution in [3.8, 4) is 0 Å². The van der Waals surface area contributed by atoms with E-state index in [1.807, 2.05) is 0 Å². The maximum atomic E-state index is 12.5. The molecule has 0 rings (SSSR count). The smallest absolute Gasteiger partial charge is 0.472 e. The molecule has 288 valence electrons. The molecule has 12 heteroatoms. The van der Waals surface area contributed by atoms with Gasteiger partial charge in [-0.2, -0.15) is 0 Å². The Morgan fingerprint density at radius 3 is 1.51 bits per heavy atom. The van der Waals surface area contributed by atoms with Crippen LogP contribution in [0.3, 0.4) is 0 Å². The Morgan fingerprint density at radius 1 is 0.612 bits per heavy atom. The van der Waals surface area contributed by atoms with Crippen molar-refractivity contribution < 1.29 is 47.5 Å². The minimum absolute atomic E-state index is 0.161. The lowest BCUT2D eigenvalue weighted by molar-refractivity contribution is -0.161. The van der Waals surface area contributed by atoms with Gasteiger partial charge in [0.15, 0.2) is 6.10 Å². The molecule has 3 unspecified atom stereocenters. The lowest BCUT2D eigenvalue weighted by atomic mass is 10.1. The number of aliphatic carboxylic acids is 1. The number of nitrogens with two attached hydrogens (primary N) is 1. The third kappa shape index (κ3) is 33.1.